The van der Waals surface area contributed by atoms with Crippen LogP contribution >= 0.6 is 0 Å². The number of anilines is 2. The zero-order chi connectivity index (χ0) is 21.4. The summed E-state index contributed by atoms with van der Waals surface area (Å²) in [5.41, 5.74) is 4.28. The van der Waals surface area contributed by atoms with E-state index in [1.807, 2.05) is 42.5 Å². The summed E-state index contributed by atoms with van der Waals surface area (Å²) in [6.45, 7) is 2.22. The predicted octanol–water partition coefficient (Wildman–Crippen LogP) is 4.61. The van der Waals surface area contributed by atoms with Crippen molar-refractivity contribution in [1.29, 1.82) is 0 Å². The van der Waals surface area contributed by atoms with E-state index in [1.54, 1.807) is 6.26 Å². The lowest BCUT2D eigenvalue weighted by Gasteiger charge is -2.20. The summed E-state index contributed by atoms with van der Waals surface area (Å²) in [5, 5.41) is 12.0. The summed E-state index contributed by atoms with van der Waals surface area (Å²) in [6, 6.07) is 13.3. The molecule has 0 saturated heterocycles. The first-order valence-electron chi connectivity index (χ1n) is 10.4. The van der Waals surface area contributed by atoms with Crippen LogP contribution in [0.3, 0.4) is 0 Å². The first-order valence-corrected chi connectivity index (χ1v) is 10.4. The van der Waals surface area contributed by atoms with Crippen molar-refractivity contribution in [3.63, 3.8) is 0 Å². The Labute approximate surface area is 180 Å². The number of nitrogens with one attached hydrogen (secondary N) is 2. The zero-order valence-electron chi connectivity index (χ0n) is 17.6. The molecule has 1 aliphatic rings. The fourth-order valence-corrected chi connectivity index (χ4v) is 4.05. The number of hydrogen-bond donors (Lipinski definition) is 2. The summed E-state index contributed by atoms with van der Waals surface area (Å²) < 4.78 is 11.2. The predicted molar refractivity (Wildman–Crippen MR) is 121 cm³/mol. The van der Waals surface area contributed by atoms with Gasteiger partial charge in [-0.15, -0.1) is 0 Å². The number of hydrogen-bond acceptors (Lipinski definition) is 7. The first kappa shape index (κ1) is 19.4. The molecule has 7 nitrogen and oxygen atoms in total. The van der Waals surface area contributed by atoms with E-state index in [0.717, 1.165) is 47.6 Å². The van der Waals surface area contributed by atoms with Gasteiger partial charge in [-0.3, -0.25) is 4.79 Å². The van der Waals surface area contributed by atoms with Gasteiger partial charge in [0.2, 0.25) is 0 Å². The van der Waals surface area contributed by atoms with Crippen LogP contribution in [0.15, 0.2) is 57.7 Å². The molecule has 0 amide bonds. The van der Waals surface area contributed by atoms with Gasteiger partial charge >= 0.3 is 0 Å². The number of nitrogens with zero attached hydrogens (tertiary/aromatic N) is 2. The topological polar surface area (TPSA) is 83.5 Å². The minimum absolute atomic E-state index is 0.0102. The van der Waals surface area contributed by atoms with E-state index >= 15 is 0 Å². The lowest BCUT2D eigenvalue weighted by atomic mass is 9.86. The molecule has 0 atom stereocenters. The highest BCUT2D eigenvalue weighted by Gasteiger charge is 2.32. The molecule has 5 rings (SSSR count). The fourth-order valence-electron chi connectivity index (χ4n) is 4.05. The summed E-state index contributed by atoms with van der Waals surface area (Å²) in [5.74, 6) is 1.44. The molecule has 0 saturated carbocycles. The van der Waals surface area contributed by atoms with Gasteiger partial charge in [0.1, 0.15) is 11.3 Å². The summed E-state index contributed by atoms with van der Waals surface area (Å²) in [4.78, 5) is 15.6. The van der Waals surface area contributed by atoms with Crippen LogP contribution in [0.4, 0.5) is 11.4 Å². The molecule has 4 aromatic rings. The van der Waals surface area contributed by atoms with Crippen LogP contribution in [0.25, 0.3) is 22.2 Å². The molecule has 2 N–H and O–H groups in total. The second-order valence-electron chi connectivity index (χ2n) is 7.97. The van der Waals surface area contributed by atoms with Gasteiger partial charge in [-0.1, -0.05) is 29.4 Å². The van der Waals surface area contributed by atoms with E-state index < -0.39 is 0 Å². The lowest BCUT2D eigenvalue weighted by molar-refractivity contribution is 0.104. The van der Waals surface area contributed by atoms with Gasteiger partial charge in [0.25, 0.3) is 0 Å². The fraction of sp³-hybridized carbons (Fsp3) is 0.250. The molecule has 7 heteroatoms. The molecule has 2 aromatic heterocycles. The monoisotopic (exact) mass is 416 g/mol. The number of carbonyl (C=O) groups excluding carboxylic acids is 1. The van der Waals surface area contributed by atoms with Gasteiger partial charge in [0, 0.05) is 23.4 Å². The van der Waals surface area contributed by atoms with Crippen LogP contribution in [-0.4, -0.2) is 43.0 Å². The van der Waals surface area contributed by atoms with Crippen molar-refractivity contribution in [3.05, 3.63) is 65.6 Å². The Morgan fingerprint density at radius 1 is 1.03 bits per heavy atom. The average molecular weight is 416 g/mol. The van der Waals surface area contributed by atoms with Gasteiger partial charge in [0.15, 0.2) is 11.5 Å². The van der Waals surface area contributed by atoms with E-state index in [4.69, 9.17) is 8.94 Å². The van der Waals surface area contributed by atoms with Crippen molar-refractivity contribution >= 4 is 28.1 Å². The smallest absolute Gasteiger partial charge is 0.196 e. The Morgan fingerprint density at radius 3 is 2.65 bits per heavy atom. The minimum atomic E-state index is -0.0102. The quantitative estimate of drug-likeness (QED) is 0.357. The molecular formula is C24H24N4O3. The molecule has 31 heavy (non-hydrogen) atoms. The maximum Gasteiger partial charge on any atom is 0.196 e. The molecule has 2 aromatic carbocycles. The molecule has 158 valence electrons. The molecule has 0 unspecified atom stereocenters. The Kier molecular flexibility index (Phi) is 4.95. The first-order chi connectivity index (χ1) is 15.1. The normalized spacial score (nSPS) is 12.4. The third-order valence-electron chi connectivity index (χ3n) is 5.53. The molecule has 0 fully saturated rings. The van der Waals surface area contributed by atoms with Crippen LogP contribution in [0, 0.1) is 0 Å². The number of carbonyl (C=O) groups is 1. The zero-order valence-corrected chi connectivity index (χ0v) is 17.6. The van der Waals surface area contributed by atoms with E-state index in [0.29, 0.717) is 28.9 Å². The van der Waals surface area contributed by atoms with Crippen LogP contribution in [0.2, 0.25) is 0 Å². The van der Waals surface area contributed by atoms with Crippen LogP contribution < -0.4 is 10.6 Å². The highest BCUT2D eigenvalue weighted by atomic mass is 16.5. The van der Waals surface area contributed by atoms with Crippen molar-refractivity contribution in [2.24, 2.45) is 0 Å². The molecule has 1 aliphatic carbocycles. The standard InChI is InChI=1S/C24H24N4O3/c1-28(2)11-6-10-25-18-13-19(26-14-15-7-5-12-30-15)22-21-20(18)23(29)16-8-3-4-9-17(16)24(21)31-27-22/h3-5,7-9,12-13,25-26H,6,10-11,14H2,1-2H3. The third kappa shape index (κ3) is 3.47. The van der Waals surface area contributed by atoms with E-state index in [9.17, 15) is 4.79 Å². The van der Waals surface area contributed by atoms with Crippen molar-refractivity contribution < 1.29 is 13.7 Å². The minimum Gasteiger partial charge on any atom is -0.467 e. The van der Waals surface area contributed by atoms with E-state index in [1.165, 1.54) is 0 Å². The SMILES string of the molecule is CN(C)CCCNc1cc(NCc2ccco2)c2noc3c2c1C(=O)c1ccccc1-3. The maximum atomic E-state index is 13.5. The number of benzene rings is 2. The van der Waals surface area contributed by atoms with Crippen LogP contribution in [0.5, 0.6) is 0 Å². The van der Waals surface area contributed by atoms with Crippen LogP contribution in [-0.2, 0) is 6.54 Å². The second kappa shape index (κ2) is 7.92. The van der Waals surface area contributed by atoms with Gasteiger partial charge in [0.05, 0.1) is 29.4 Å². The van der Waals surface area contributed by atoms with E-state index in [2.05, 4.69) is 34.8 Å². The third-order valence-corrected chi connectivity index (χ3v) is 5.53. The van der Waals surface area contributed by atoms with Gasteiger partial charge in [-0.2, -0.15) is 0 Å². The summed E-state index contributed by atoms with van der Waals surface area (Å²) in [7, 11) is 4.10. The highest BCUT2D eigenvalue weighted by Crippen LogP contribution is 2.45. The molecular weight excluding hydrogens is 392 g/mol. The number of furan rings is 1. The number of aromatic nitrogens is 1. The largest absolute Gasteiger partial charge is 0.467 e. The second-order valence-corrected chi connectivity index (χ2v) is 7.97. The van der Waals surface area contributed by atoms with Gasteiger partial charge in [-0.25, -0.2) is 0 Å². The van der Waals surface area contributed by atoms with E-state index in [-0.39, 0.29) is 5.78 Å². The van der Waals surface area contributed by atoms with Crippen molar-refractivity contribution in [1.82, 2.24) is 10.1 Å². The highest BCUT2D eigenvalue weighted by molar-refractivity contribution is 6.28. The maximum absolute atomic E-state index is 13.5. The van der Waals surface area contributed by atoms with Gasteiger partial charge < -0.3 is 24.5 Å². The average Bonchev–Trinajstić information content (AvgIpc) is 3.44. The van der Waals surface area contributed by atoms with Crippen LogP contribution in [0.1, 0.15) is 28.1 Å². The number of ketones is 1. The Balaban J connectivity index is 1.59. The Hall–Kier alpha value is -3.58. The molecule has 0 spiro atoms. The molecule has 0 bridgehead atoms. The van der Waals surface area contributed by atoms with Gasteiger partial charge in [-0.05, 0) is 45.3 Å². The summed E-state index contributed by atoms with van der Waals surface area (Å²) >= 11 is 0. The molecule has 0 aliphatic heterocycles. The molecule has 0 radical (unpaired) electrons. The number of fused-ring (bicyclic) bond motifs is 2. The summed E-state index contributed by atoms with van der Waals surface area (Å²) in [6.07, 6.45) is 2.61. The lowest BCUT2D eigenvalue weighted by Crippen LogP contribution is -2.18. The molecule has 2 heterocycles. The Morgan fingerprint density at radius 2 is 1.87 bits per heavy atom. The van der Waals surface area contributed by atoms with Crippen molar-refractivity contribution in [2.75, 3.05) is 37.8 Å². The van der Waals surface area contributed by atoms with Crippen molar-refractivity contribution in [3.8, 4) is 11.3 Å². The Bertz CT molecular complexity index is 1240. The number of rotatable bonds is 8. The van der Waals surface area contributed by atoms with Crippen molar-refractivity contribution in [2.45, 2.75) is 13.0 Å².